The van der Waals surface area contributed by atoms with Crippen LogP contribution in [0.1, 0.15) is 6.92 Å². The van der Waals surface area contributed by atoms with Crippen LogP contribution >= 0.6 is 0 Å². The Morgan fingerprint density at radius 2 is 1.72 bits per heavy atom. The van der Waals surface area contributed by atoms with Gasteiger partial charge in [-0.3, -0.25) is 14.4 Å². The number of anilines is 3. The fourth-order valence-electron chi connectivity index (χ4n) is 4.84. The Morgan fingerprint density at radius 1 is 1.06 bits per heavy atom. The standard InChI is InChI=1S/C24H23N3O5/c1-14(28)25-15-3-7-17(8-4-15)27-13-24-12-11-19(32-24)20(21(24)23(27)30)22(29)26-16-5-9-18(31-2)10-6-16/h3-12,19-21H,13H2,1-2H3,(H,25,28)(H,26,29)/t19-,20-,21-,24+/m1/s1. The zero-order valence-electron chi connectivity index (χ0n) is 17.7. The van der Waals surface area contributed by atoms with Gasteiger partial charge in [-0.15, -0.1) is 0 Å². The summed E-state index contributed by atoms with van der Waals surface area (Å²) in [4.78, 5) is 39.5. The maximum atomic E-state index is 13.4. The SMILES string of the molecule is COc1ccc(NC(=O)[C@@H]2[C@H]3C=C[C@@]4(CN(c5ccc(NC(C)=O)cc5)C(=O)[C@@H]24)O3)cc1. The lowest BCUT2D eigenvalue weighted by molar-refractivity contribution is -0.128. The third kappa shape index (κ3) is 3.23. The smallest absolute Gasteiger partial charge is 0.234 e. The number of rotatable bonds is 5. The highest BCUT2D eigenvalue weighted by Crippen LogP contribution is 2.52. The Bertz CT molecular complexity index is 1110. The first-order valence-corrected chi connectivity index (χ1v) is 10.4. The maximum Gasteiger partial charge on any atom is 0.234 e. The van der Waals surface area contributed by atoms with E-state index in [4.69, 9.17) is 9.47 Å². The molecule has 0 radical (unpaired) electrons. The molecule has 1 spiro atoms. The molecule has 4 atom stereocenters. The molecule has 3 heterocycles. The number of nitrogens with zero attached hydrogens (tertiary/aromatic N) is 1. The molecule has 3 aliphatic heterocycles. The van der Waals surface area contributed by atoms with E-state index in [1.807, 2.05) is 12.2 Å². The molecule has 2 saturated heterocycles. The molecule has 3 aliphatic rings. The van der Waals surface area contributed by atoms with Crippen LogP contribution in [0.3, 0.4) is 0 Å². The largest absolute Gasteiger partial charge is 0.497 e. The number of hydrogen-bond donors (Lipinski definition) is 2. The van der Waals surface area contributed by atoms with E-state index in [1.54, 1.807) is 60.5 Å². The molecule has 3 amide bonds. The van der Waals surface area contributed by atoms with Crippen molar-refractivity contribution in [3.05, 3.63) is 60.7 Å². The minimum Gasteiger partial charge on any atom is -0.497 e. The third-order valence-electron chi connectivity index (χ3n) is 6.26. The number of ether oxygens (including phenoxy) is 2. The Balaban J connectivity index is 1.36. The van der Waals surface area contributed by atoms with Gasteiger partial charge in [0.1, 0.15) is 11.4 Å². The van der Waals surface area contributed by atoms with Gasteiger partial charge in [-0.05, 0) is 48.5 Å². The van der Waals surface area contributed by atoms with Crippen LogP contribution in [0.2, 0.25) is 0 Å². The van der Waals surface area contributed by atoms with Crippen LogP contribution in [0.4, 0.5) is 17.1 Å². The van der Waals surface area contributed by atoms with Crippen molar-refractivity contribution in [3.63, 3.8) is 0 Å². The molecule has 5 rings (SSSR count). The monoisotopic (exact) mass is 433 g/mol. The minimum absolute atomic E-state index is 0.140. The van der Waals surface area contributed by atoms with E-state index in [0.717, 1.165) is 0 Å². The summed E-state index contributed by atoms with van der Waals surface area (Å²) in [5, 5.41) is 5.62. The van der Waals surface area contributed by atoms with Crippen LogP contribution in [0.5, 0.6) is 5.75 Å². The van der Waals surface area contributed by atoms with Crippen molar-refractivity contribution in [1.29, 1.82) is 0 Å². The van der Waals surface area contributed by atoms with Gasteiger partial charge in [0.2, 0.25) is 17.7 Å². The lowest BCUT2D eigenvalue weighted by Gasteiger charge is -2.23. The summed E-state index contributed by atoms with van der Waals surface area (Å²) >= 11 is 0. The summed E-state index contributed by atoms with van der Waals surface area (Å²) in [5.41, 5.74) is 1.18. The summed E-state index contributed by atoms with van der Waals surface area (Å²) in [6.45, 7) is 1.78. The average Bonchev–Trinajstić information content (AvgIpc) is 3.43. The summed E-state index contributed by atoms with van der Waals surface area (Å²) in [6, 6.07) is 14.1. The van der Waals surface area contributed by atoms with Gasteiger partial charge in [0.25, 0.3) is 0 Å². The molecule has 0 aliphatic carbocycles. The number of benzene rings is 2. The summed E-state index contributed by atoms with van der Waals surface area (Å²) in [6.07, 6.45) is 3.38. The van der Waals surface area contributed by atoms with E-state index in [2.05, 4.69) is 10.6 Å². The minimum atomic E-state index is -0.806. The van der Waals surface area contributed by atoms with E-state index >= 15 is 0 Å². The zero-order valence-corrected chi connectivity index (χ0v) is 17.7. The van der Waals surface area contributed by atoms with E-state index in [0.29, 0.717) is 29.4 Å². The quantitative estimate of drug-likeness (QED) is 0.707. The number of carbonyl (C=O) groups is 3. The highest BCUT2D eigenvalue weighted by molar-refractivity contribution is 6.05. The van der Waals surface area contributed by atoms with E-state index in [9.17, 15) is 14.4 Å². The topological polar surface area (TPSA) is 97.0 Å². The van der Waals surface area contributed by atoms with E-state index in [-0.39, 0.29) is 17.7 Å². The van der Waals surface area contributed by atoms with Crippen LogP contribution in [-0.2, 0) is 19.1 Å². The van der Waals surface area contributed by atoms with Gasteiger partial charge < -0.3 is 25.0 Å². The Labute approximate surface area is 185 Å². The van der Waals surface area contributed by atoms with Gasteiger partial charge in [-0.2, -0.15) is 0 Å². The second-order valence-corrected chi connectivity index (χ2v) is 8.27. The van der Waals surface area contributed by atoms with Crippen molar-refractivity contribution in [2.75, 3.05) is 29.2 Å². The van der Waals surface area contributed by atoms with Gasteiger partial charge in [0.05, 0.1) is 31.6 Å². The predicted octanol–water partition coefficient (Wildman–Crippen LogP) is 2.58. The average molecular weight is 433 g/mol. The summed E-state index contributed by atoms with van der Waals surface area (Å²) in [7, 11) is 1.58. The van der Waals surface area contributed by atoms with Crippen LogP contribution in [-0.4, -0.2) is 43.1 Å². The molecular weight excluding hydrogens is 410 g/mol. The normalized spacial score (nSPS) is 27.4. The number of amides is 3. The van der Waals surface area contributed by atoms with Gasteiger partial charge in [0, 0.05) is 24.0 Å². The van der Waals surface area contributed by atoms with Crippen LogP contribution < -0.4 is 20.3 Å². The van der Waals surface area contributed by atoms with Crippen molar-refractivity contribution in [2.45, 2.75) is 18.6 Å². The Hall–Kier alpha value is -3.65. The number of nitrogens with one attached hydrogen (secondary N) is 2. The highest BCUT2D eigenvalue weighted by atomic mass is 16.5. The third-order valence-corrected chi connectivity index (χ3v) is 6.26. The number of hydrogen-bond acceptors (Lipinski definition) is 5. The second kappa shape index (κ2) is 7.49. The molecule has 0 unspecified atom stereocenters. The number of methoxy groups -OCH3 is 1. The number of carbonyl (C=O) groups excluding carboxylic acids is 3. The highest BCUT2D eigenvalue weighted by Gasteiger charge is 2.67. The first-order valence-electron chi connectivity index (χ1n) is 10.4. The summed E-state index contributed by atoms with van der Waals surface area (Å²) < 4.78 is 11.3. The van der Waals surface area contributed by atoms with Crippen molar-refractivity contribution in [1.82, 2.24) is 0 Å². The van der Waals surface area contributed by atoms with Gasteiger partial charge in [-0.1, -0.05) is 12.2 Å². The molecule has 8 heteroatoms. The van der Waals surface area contributed by atoms with Crippen molar-refractivity contribution in [3.8, 4) is 5.75 Å². The molecule has 2 N–H and O–H groups in total. The first kappa shape index (κ1) is 20.3. The molecular formula is C24H23N3O5. The number of fused-ring (bicyclic) bond motifs is 1. The fourth-order valence-corrected chi connectivity index (χ4v) is 4.84. The lowest BCUT2D eigenvalue weighted by atomic mass is 9.77. The zero-order chi connectivity index (χ0) is 22.5. The van der Waals surface area contributed by atoms with Crippen LogP contribution in [0.15, 0.2) is 60.7 Å². The van der Waals surface area contributed by atoms with Crippen LogP contribution in [0, 0.1) is 11.8 Å². The summed E-state index contributed by atoms with van der Waals surface area (Å²) in [5.74, 6) is -1.06. The van der Waals surface area contributed by atoms with Crippen molar-refractivity contribution in [2.24, 2.45) is 11.8 Å². The molecule has 0 saturated carbocycles. The molecule has 2 fully saturated rings. The van der Waals surface area contributed by atoms with Crippen molar-refractivity contribution < 1.29 is 23.9 Å². The van der Waals surface area contributed by atoms with Crippen LogP contribution in [0.25, 0.3) is 0 Å². The van der Waals surface area contributed by atoms with E-state index < -0.39 is 23.5 Å². The van der Waals surface area contributed by atoms with Gasteiger partial charge >= 0.3 is 0 Å². The van der Waals surface area contributed by atoms with E-state index in [1.165, 1.54) is 6.92 Å². The Kier molecular flexibility index (Phi) is 4.74. The first-order chi connectivity index (χ1) is 15.4. The second-order valence-electron chi connectivity index (χ2n) is 8.27. The molecule has 2 bridgehead atoms. The Morgan fingerprint density at radius 3 is 2.38 bits per heavy atom. The maximum absolute atomic E-state index is 13.4. The molecule has 2 aromatic rings. The molecule has 32 heavy (non-hydrogen) atoms. The van der Waals surface area contributed by atoms with Gasteiger partial charge in [0.15, 0.2) is 0 Å². The van der Waals surface area contributed by atoms with Gasteiger partial charge in [-0.25, -0.2) is 0 Å². The lowest BCUT2D eigenvalue weighted by Crippen LogP contribution is -2.41. The predicted molar refractivity (Wildman–Crippen MR) is 118 cm³/mol. The fraction of sp³-hybridized carbons (Fsp3) is 0.292. The van der Waals surface area contributed by atoms with Crippen molar-refractivity contribution >= 4 is 34.8 Å². The molecule has 164 valence electrons. The molecule has 8 nitrogen and oxygen atoms in total. The molecule has 0 aromatic heterocycles. The molecule has 2 aromatic carbocycles.